The molecule has 0 aromatic carbocycles. The minimum absolute atomic E-state index is 0.454. The van der Waals surface area contributed by atoms with Crippen LogP contribution in [-0.4, -0.2) is 29.9 Å². The Morgan fingerprint density at radius 1 is 1.00 bits per heavy atom. The Bertz CT molecular complexity index is 361. The summed E-state index contributed by atoms with van der Waals surface area (Å²) in [5.74, 6) is 1.36. The molecule has 48 valence electrons. The van der Waals surface area contributed by atoms with Gasteiger partial charge in [0.25, 0.3) is 0 Å². The predicted molar refractivity (Wildman–Crippen MR) is 28.4 cm³/mol. The Hall–Kier alpha value is -1.79. The summed E-state index contributed by atoms with van der Waals surface area (Å²) < 4.78 is 1.58. The summed E-state index contributed by atoms with van der Waals surface area (Å²) in [6, 6.07) is 0. The molecule has 0 saturated carbocycles. The van der Waals surface area contributed by atoms with Gasteiger partial charge in [0.15, 0.2) is 0 Å². The number of aromatic nitrogens is 7. The molecule has 7 nitrogen and oxygen atoms in total. The molecule has 0 aliphatic carbocycles. The topological polar surface area (TPSA) is 83.0 Å². The van der Waals surface area contributed by atoms with Gasteiger partial charge in [0.2, 0.25) is 11.6 Å². The molecule has 0 fully saturated rings. The van der Waals surface area contributed by atoms with Crippen molar-refractivity contribution in [3.8, 4) is 0 Å². The van der Waals surface area contributed by atoms with Gasteiger partial charge in [0.1, 0.15) is 0 Å². The summed E-state index contributed by atoms with van der Waals surface area (Å²) >= 11 is 0. The molecule has 0 spiro atoms. The van der Waals surface area contributed by atoms with Crippen LogP contribution in [0.3, 0.4) is 0 Å². The van der Waals surface area contributed by atoms with E-state index in [-0.39, 0.29) is 0 Å². The molecule has 3 aromatic heterocycles. The van der Waals surface area contributed by atoms with Crippen molar-refractivity contribution in [2.45, 2.75) is 0 Å². The highest BCUT2D eigenvalue weighted by atomic mass is 15.5. The highest BCUT2D eigenvalue weighted by molar-refractivity contribution is 5.50. The highest BCUT2D eigenvalue weighted by Gasteiger charge is 2.01. The van der Waals surface area contributed by atoms with Gasteiger partial charge >= 0.3 is 0 Å². The molecule has 7 heteroatoms. The molecule has 0 radical (unpaired) electrons. The van der Waals surface area contributed by atoms with Crippen LogP contribution in [-0.2, 0) is 0 Å². The van der Waals surface area contributed by atoms with Gasteiger partial charge < -0.3 is 0 Å². The Morgan fingerprint density at radius 2 is 1.80 bits per heavy atom. The molecule has 0 aliphatic rings. The minimum Gasteiger partial charge on any atom is -0.299 e. The van der Waals surface area contributed by atoms with Crippen LogP contribution in [0, 0.1) is 0 Å². The second kappa shape index (κ2) is 1.06. The molecule has 3 heterocycles. The lowest BCUT2D eigenvalue weighted by Crippen LogP contribution is -1.74. The van der Waals surface area contributed by atoms with Gasteiger partial charge in [-0.25, -0.2) is 0 Å². The Labute approximate surface area is 53.4 Å². The fourth-order valence-electron chi connectivity index (χ4n) is 0.865. The van der Waals surface area contributed by atoms with E-state index in [1.165, 1.54) is 0 Å². The minimum atomic E-state index is 0.454. The maximum atomic E-state index is 3.68. The summed E-state index contributed by atoms with van der Waals surface area (Å²) in [5, 5.41) is 22.1. The van der Waals surface area contributed by atoms with Crippen molar-refractivity contribution in [3.05, 3.63) is 0 Å². The van der Waals surface area contributed by atoms with Gasteiger partial charge in [-0.15, -0.1) is 10.2 Å². The molecule has 0 amide bonds. The third kappa shape index (κ3) is 0.265. The number of hydrogen-bond donors (Lipinski definition) is 0. The van der Waals surface area contributed by atoms with E-state index in [1.807, 2.05) is 0 Å². The lowest BCUT2D eigenvalue weighted by Gasteiger charge is -1.77. The van der Waals surface area contributed by atoms with Crippen molar-refractivity contribution in [2.24, 2.45) is 0 Å². The zero-order chi connectivity index (χ0) is 6.55. The molecule has 0 bridgehead atoms. The van der Waals surface area contributed by atoms with E-state index in [2.05, 4.69) is 30.6 Å². The summed E-state index contributed by atoms with van der Waals surface area (Å²) in [5.41, 5.74) is 0. The van der Waals surface area contributed by atoms with Gasteiger partial charge in [0, 0.05) is 0 Å². The molecular formula is C3N7-. The fraction of sp³-hybridized carbons (Fsp3) is 0. The molecule has 0 unspecified atom stereocenters. The second-order valence-electron chi connectivity index (χ2n) is 1.84. The lowest BCUT2D eigenvalue weighted by atomic mass is 11.0. The molecule has 0 saturated heterocycles. The molecule has 10 heavy (non-hydrogen) atoms. The van der Waals surface area contributed by atoms with Crippen LogP contribution in [0.4, 0.5) is 0 Å². The molecule has 0 N–H and O–H groups in total. The third-order valence-corrected chi connectivity index (χ3v) is 1.29. The lowest BCUT2D eigenvalue weighted by molar-refractivity contribution is 1.04. The van der Waals surface area contributed by atoms with Crippen molar-refractivity contribution >= 4 is 17.3 Å². The van der Waals surface area contributed by atoms with E-state index in [0.717, 1.165) is 0 Å². The Kier molecular flexibility index (Phi) is 0.433. The van der Waals surface area contributed by atoms with E-state index in [9.17, 15) is 0 Å². The van der Waals surface area contributed by atoms with Crippen LogP contribution in [0.25, 0.3) is 17.3 Å². The Balaban J connectivity index is 2.92. The van der Waals surface area contributed by atoms with Crippen molar-refractivity contribution in [1.29, 1.82) is 0 Å². The van der Waals surface area contributed by atoms with Crippen molar-refractivity contribution in [2.75, 3.05) is 0 Å². The van der Waals surface area contributed by atoms with Crippen LogP contribution in [0.1, 0.15) is 0 Å². The molecule has 3 aromatic rings. The van der Waals surface area contributed by atoms with Gasteiger partial charge in [-0.3, -0.25) is 14.6 Å². The van der Waals surface area contributed by atoms with Gasteiger partial charge in [0.05, 0.1) is 5.78 Å². The van der Waals surface area contributed by atoms with Gasteiger partial charge in [-0.05, 0) is 0 Å². The second-order valence-corrected chi connectivity index (χ2v) is 1.84. The van der Waals surface area contributed by atoms with E-state index < -0.39 is 0 Å². The fourth-order valence-corrected chi connectivity index (χ4v) is 0.865. The zero-order valence-corrected chi connectivity index (χ0v) is 4.63. The first kappa shape index (κ1) is 4.09. The smallest absolute Gasteiger partial charge is 0.206 e. The molecular weight excluding hydrogens is 134 g/mol. The van der Waals surface area contributed by atoms with E-state index in [0.29, 0.717) is 17.3 Å². The number of nitrogens with zero attached hydrogens (tertiary/aromatic N) is 7. The van der Waals surface area contributed by atoms with E-state index >= 15 is 0 Å². The number of rotatable bonds is 0. The van der Waals surface area contributed by atoms with E-state index in [1.54, 1.807) is 4.40 Å². The first-order valence-electron chi connectivity index (χ1n) is 2.61. The monoisotopic (exact) mass is 134 g/mol. The van der Waals surface area contributed by atoms with Crippen molar-refractivity contribution < 1.29 is 0 Å². The van der Waals surface area contributed by atoms with Crippen LogP contribution in [0.2, 0.25) is 0 Å². The standard InChI is InChI=1S/C3N7/c4-1-5-7-3-9-8-2(6-4)10(1)3/q-1. The SMILES string of the molecule is n1nc2n[n-]c3nnc1n23. The predicted octanol–water partition coefficient (Wildman–Crippen LogP) is -1.54. The van der Waals surface area contributed by atoms with Gasteiger partial charge in [-0.2, -0.15) is 10.2 Å². The summed E-state index contributed by atoms with van der Waals surface area (Å²) in [7, 11) is 0. The largest absolute Gasteiger partial charge is 0.299 e. The molecule has 3 rings (SSSR count). The third-order valence-electron chi connectivity index (χ3n) is 1.29. The number of hydrogen-bond acceptors (Lipinski definition) is 5. The summed E-state index contributed by atoms with van der Waals surface area (Å²) in [4.78, 5) is 0. The van der Waals surface area contributed by atoms with Crippen LogP contribution in [0.5, 0.6) is 0 Å². The average molecular weight is 134 g/mol. The molecule has 0 atom stereocenters. The summed E-state index contributed by atoms with van der Waals surface area (Å²) in [6.45, 7) is 0. The summed E-state index contributed by atoms with van der Waals surface area (Å²) in [6.07, 6.45) is 0. The van der Waals surface area contributed by atoms with Crippen LogP contribution < -0.4 is 5.10 Å². The average Bonchev–Trinajstić information content (AvgIpc) is 2.56. The zero-order valence-electron chi connectivity index (χ0n) is 4.63. The van der Waals surface area contributed by atoms with E-state index in [4.69, 9.17) is 0 Å². The maximum absolute atomic E-state index is 3.68. The quantitative estimate of drug-likeness (QED) is 0.370. The maximum Gasteiger partial charge on any atom is 0.206 e. The van der Waals surface area contributed by atoms with Crippen molar-refractivity contribution in [3.63, 3.8) is 0 Å². The first-order chi connectivity index (χ1) is 4.95. The molecule has 0 aliphatic heterocycles. The van der Waals surface area contributed by atoms with Gasteiger partial charge in [-0.1, -0.05) is 0 Å². The normalized spacial score (nSPS) is 12.0. The van der Waals surface area contributed by atoms with Crippen molar-refractivity contribution in [1.82, 2.24) is 35.0 Å². The highest BCUT2D eigenvalue weighted by Crippen LogP contribution is 2.02. The first-order valence-corrected chi connectivity index (χ1v) is 2.61. The van der Waals surface area contributed by atoms with Crippen LogP contribution in [0.15, 0.2) is 0 Å². The van der Waals surface area contributed by atoms with Crippen LogP contribution >= 0.6 is 0 Å². The Morgan fingerprint density at radius 3 is 2.80 bits per heavy atom.